The van der Waals surface area contributed by atoms with E-state index in [-0.39, 0.29) is 30.8 Å². The molecule has 2 amide bonds. The molecule has 0 saturated heterocycles. The smallest absolute Gasteiger partial charge is 0.407 e. The molecule has 13 heteroatoms. The molecule has 0 fully saturated rings. The fraction of sp³-hybridized carbons (Fsp3) is 0.292. The van der Waals surface area contributed by atoms with Crippen molar-refractivity contribution in [3.8, 4) is 0 Å². The number of thiazole rings is 1. The summed E-state index contributed by atoms with van der Waals surface area (Å²) in [7, 11) is -3.74. The van der Waals surface area contributed by atoms with Crippen molar-refractivity contribution in [3.05, 3.63) is 77.3 Å². The third-order valence-electron chi connectivity index (χ3n) is 5.09. The maximum absolute atomic E-state index is 12.4. The zero-order chi connectivity index (χ0) is 26.5. The normalized spacial score (nSPS) is 11.9. The average Bonchev–Trinajstić information content (AvgIpc) is 3.35. The first kappa shape index (κ1) is 28.1. The summed E-state index contributed by atoms with van der Waals surface area (Å²) in [6.45, 7) is 0.664. The number of hydrogen-bond donors (Lipinski definition) is 5. The SMILES string of the molecule is NS(=O)(=O)NCCCC[C@@H](CNc1nc(C(=O)Nc2ccccc2)cs1)NC(=O)OCc1ccccc1. The molecular weight excluding hydrogens is 516 g/mol. The minimum Gasteiger partial charge on any atom is -0.445 e. The highest BCUT2D eigenvalue weighted by Crippen LogP contribution is 2.17. The Morgan fingerprint density at radius 1 is 1.03 bits per heavy atom. The van der Waals surface area contributed by atoms with Crippen LogP contribution in [0.1, 0.15) is 35.3 Å². The lowest BCUT2D eigenvalue weighted by Crippen LogP contribution is -2.40. The van der Waals surface area contributed by atoms with Gasteiger partial charge in [-0.15, -0.1) is 11.3 Å². The monoisotopic (exact) mass is 546 g/mol. The van der Waals surface area contributed by atoms with Crippen molar-refractivity contribution < 1.29 is 22.7 Å². The molecule has 0 unspecified atom stereocenters. The molecule has 11 nitrogen and oxygen atoms in total. The van der Waals surface area contributed by atoms with Gasteiger partial charge in [-0.3, -0.25) is 4.79 Å². The highest BCUT2D eigenvalue weighted by molar-refractivity contribution is 7.87. The number of unbranched alkanes of at least 4 members (excludes halogenated alkanes) is 1. The van der Waals surface area contributed by atoms with Crippen LogP contribution in [0.5, 0.6) is 0 Å². The van der Waals surface area contributed by atoms with Crippen LogP contribution in [-0.4, -0.2) is 44.5 Å². The first-order valence-corrected chi connectivity index (χ1v) is 14.0. The summed E-state index contributed by atoms with van der Waals surface area (Å²) < 4.78 is 29.6. The summed E-state index contributed by atoms with van der Waals surface area (Å²) >= 11 is 1.27. The molecule has 0 spiro atoms. The minimum atomic E-state index is -3.74. The molecule has 0 aliphatic heterocycles. The number of para-hydroxylation sites is 1. The van der Waals surface area contributed by atoms with E-state index in [1.807, 2.05) is 48.5 Å². The number of alkyl carbamates (subject to hydrolysis) is 1. The number of nitrogens with one attached hydrogen (secondary N) is 4. The molecular formula is C24H30N6O5S2. The van der Waals surface area contributed by atoms with Gasteiger partial charge in [-0.25, -0.2) is 19.6 Å². The summed E-state index contributed by atoms with van der Waals surface area (Å²) in [5.74, 6) is -0.322. The van der Waals surface area contributed by atoms with Gasteiger partial charge in [0.15, 0.2) is 5.13 Å². The van der Waals surface area contributed by atoms with Gasteiger partial charge < -0.3 is 20.7 Å². The lowest BCUT2D eigenvalue weighted by molar-refractivity contribution is 0.102. The van der Waals surface area contributed by atoms with Gasteiger partial charge in [-0.2, -0.15) is 8.42 Å². The maximum Gasteiger partial charge on any atom is 0.407 e. The molecule has 3 aromatic rings. The van der Waals surface area contributed by atoms with Gasteiger partial charge in [-0.05, 0) is 30.5 Å². The van der Waals surface area contributed by atoms with Crippen LogP contribution in [0.15, 0.2) is 66.0 Å². The quantitative estimate of drug-likeness (QED) is 0.194. The van der Waals surface area contributed by atoms with Crippen LogP contribution < -0.4 is 25.8 Å². The van der Waals surface area contributed by atoms with Crippen LogP contribution in [-0.2, 0) is 21.6 Å². The van der Waals surface area contributed by atoms with Crippen molar-refractivity contribution in [3.63, 3.8) is 0 Å². The molecule has 0 radical (unpaired) electrons. The summed E-state index contributed by atoms with van der Waals surface area (Å²) in [5, 5.41) is 15.9. The Kier molecular flexibility index (Phi) is 10.8. The first-order valence-electron chi connectivity index (χ1n) is 11.6. The number of rotatable bonds is 14. The fourth-order valence-electron chi connectivity index (χ4n) is 3.27. The fourth-order valence-corrected chi connectivity index (χ4v) is 4.40. The van der Waals surface area contributed by atoms with E-state index in [0.717, 1.165) is 5.56 Å². The highest BCUT2D eigenvalue weighted by Gasteiger charge is 2.16. The number of carbonyl (C=O) groups is 2. The topological polar surface area (TPSA) is 165 Å². The van der Waals surface area contributed by atoms with Gasteiger partial charge in [-0.1, -0.05) is 55.0 Å². The van der Waals surface area contributed by atoms with Crippen LogP contribution in [0.3, 0.4) is 0 Å². The zero-order valence-electron chi connectivity index (χ0n) is 20.1. The zero-order valence-corrected chi connectivity index (χ0v) is 21.7. The van der Waals surface area contributed by atoms with Crippen molar-refractivity contribution in [2.45, 2.75) is 31.9 Å². The van der Waals surface area contributed by atoms with E-state index in [1.54, 1.807) is 17.5 Å². The molecule has 0 bridgehead atoms. The second-order valence-corrected chi connectivity index (χ2v) is 10.3. The third kappa shape index (κ3) is 11.0. The highest BCUT2D eigenvalue weighted by atomic mass is 32.2. The molecule has 198 valence electrons. The lowest BCUT2D eigenvalue weighted by atomic mass is 10.1. The maximum atomic E-state index is 12.4. The molecule has 1 aromatic heterocycles. The Hall–Kier alpha value is -3.52. The van der Waals surface area contributed by atoms with E-state index >= 15 is 0 Å². The van der Waals surface area contributed by atoms with Crippen molar-refractivity contribution in [1.29, 1.82) is 0 Å². The number of amides is 2. The number of hydrogen-bond acceptors (Lipinski definition) is 8. The Morgan fingerprint density at radius 2 is 1.73 bits per heavy atom. The van der Waals surface area contributed by atoms with Crippen LogP contribution in [0, 0.1) is 0 Å². The summed E-state index contributed by atoms with van der Waals surface area (Å²) in [6, 6.07) is 18.1. The largest absolute Gasteiger partial charge is 0.445 e. The second kappa shape index (κ2) is 14.3. The van der Waals surface area contributed by atoms with Crippen molar-refractivity contribution in [2.75, 3.05) is 23.7 Å². The molecule has 1 heterocycles. The van der Waals surface area contributed by atoms with Crippen LogP contribution in [0.4, 0.5) is 15.6 Å². The predicted octanol–water partition coefficient (Wildman–Crippen LogP) is 3.07. The third-order valence-corrected chi connectivity index (χ3v) is 6.49. The van der Waals surface area contributed by atoms with Gasteiger partial charge in [0.25, 0.3) is 16.1 Å². The van der Waals surface area contributed by atoms with E-state index in [9.17, 15) is 18.0 Å². The average molecular weight is 547 g/mol. The summed E-state index contributed by atoms with van der Waals surface area (Å²) in [6.07, 6.45) is 1.14. The number of nitrogens with two attached hydrogens (primary N) is 1. The molecule has 0 aliphatic carbocycles. The number of benzene rings is 2. The molecule has 6 N–H and O–H groups in total. The first-order chi connectivity index (χ1) is 17.8. The van der Waals surface area contributed by atoms with Gasteiger partial charge >= 0.3 is 6.09 Å². The van der Waals surface area contributed by atoms with E-state index in [4.69, 9.17) is 9.88 Å². The van der Waals surface area contributed by atoms with Crippen LogP contribution >= 0.6 is 11.3 Å². The molecule has 3 rings (SSSR count). The molecule has 1 atom stereocenters. The summed E-state index contributed by atoms with van der Waals surface area (Å²) in [5.41, 5.74) is 1.81. The van der Waals surface area contributed by atoms with E-state index in [2.05, 4.69) is 25.7 Å². The van der Waals surface area contributed by atoms with E-state index in [0.29, 0.717) is 36.6 Å². The Morgan fingerprint density at radius 3 is 2.43 bits per heavy atom. The van der Waals surface area contributed by atoms with Gasteiger partial charge in [0.05, 0.1) is 0 Å². The van der Waals surface area contributed by atoms with E-state index < -0.39 is 16.3 Å². The van der Waals surface area contributed by atoms with Crippen LogP contribution in [0.25, 0.3) is 0 Å². The number of aromatic nitrogens is 1. The summed E-state index contributed by atoms with van der Waals surface area (Å²) in [4.78, 5) is 29.2. The number of ether oxygens (including phenoxy) is 1. The number of anilines is 2. The Bertz CT molecular complexity index is 1240. The van der Waals surface area contributed by atoms with Crippen LogP contribution in [0.2, 0.25) is 0 Å². The van der Waals surface area contributed by atoms with Gasteiger partial charge in [0, 0.05) is 30.2 Å². The van der Waals surface area contributed by atoms with Crippen molar-refractivity contribution >= 4 is 44.4 Å². The van der Waals surface area contributed by atoms with Crippen molar-refractivity contribution in [1.82, 2.24) is 15.0 Å². The second-order valence-electron chi connectivity index (χ2n) is 8.08. The molecule has 2 aromatic carbocycles. The molecule has 37 heavy (non-hydrogen) atoms. The van der Waals surface area contributed by atoms with Crippen molar-refractivity contribution in [2.24, 2.45) is 5.14 Å². The molecule has 0 saturated carbocycles. The standard InChI is InChI=1S/C24H30N6O5S2/c25-37(33,34)27-14-8-7-13-20(29-24(32)35-16-18-9-3-1-4-10-18)15-26-23-30-21(17-36-23)22(31)28-19-11-5-2-6-12-19/h1-6,9-12,17,20,27H,7-8,13-16H2,(H,26,30)(H,28,31)(H,29,32)(H2,25,33,34)/t20-/m0/s1. The lowest BCUT2D eigenvalue weighted by Gasteiger charge is -2.19. The Balaban J connectivity index is 1.51. The van der Waals surface area contributed by atoms with Gasteiger partial charge in [0.2, 0.25) is 0 Å². The Labute approximate surface area is 220 Å². The van der Waals surface area contributed by atoms with E-state index in [1.165, 1.54) is 11.3 Å². The predicted molar refractivity (Wildman–Crippen MR) is 144 cm³/mol. The number of nitrogens with zero attached hydrogens (tertiary/aromatic N) is 1. The number of carbonyl (C=O) groups excluding carboxylic acids is 2. The molecule has 0 aliphatic rings. The van der Waals surface area contributed by atoms with Gasteiger partial charge in [0.1, 0.15) is 12.3 Å². The minimum absolute atomic E-state index is 0.136.